The van der Waals surface area contributed by atoms with E-state index in [0.29, 0.717) is 36.5 Å². The number of nitrogens with one attached hydrogen (secondary N) is 3. The lowest BCUT2D eigenvalue weighted by molar-refractivity contribution is -0.384. The highest BCUT2D eigenvalue weighted by Gasteiger charge is 2.29. The van der Waals surface area contributed by atoms with Crippen molar-refractivity contribution in [3.8, 4) is 5.75 Å². The summed E-state index contributed by atoms with van der Waals surface area (Å²) in [5, 5.41) is 17.6. The maximum Gasteiger partial charge on any atom is 0.269 e. The summed E-state index contributed by atoms with van der Waals surface area (Å²) in [6, 6.07) is 26.3. The van der Waals surface area contributed by atoms with Crippen molar-refractivity contribution in [3.63, 3.8) is 0 Å². The molecule has 0 spiro atoms. The van der Waals surface area contributed by atoms with Gasteiger partial charge in [-0.1, -0.05) is 56.3 Å². The average molecular weight is 716 g/mol. The molecule has 0 heterocycles. The van der Waals surface area contributed by atoms with Gasteiger partial charge in [-0.25, -0.2) is 13.1 Å². The molecule has 4 aromatic rings. The van der Waals surface area contributed by atoms with Crippen LogP contribution in [0.25, 0.3) is 0 Å². The number of carbonyl (C=O) groups is 2. The molecular formula is C38H45N5O7S. The zero-order valence-corrected chi connectivity index (χ0v) is 29.9. The zero-order chi connectivity index (χ0) is 36.8. The van der Waals surface area contributed by atoms with Crippen molar-refractivity contribution in [1.29, 1.82) is 0 Å². The molecule has 0 unspecified atom stereocenters. The Morgan fingerprint density at radius 3 is 2.06 bits per heavy atom. The van der Waals surface area contributed by atoms with Crippen molar-refractivity contribution >= 4 is 27.5 Å². The number of sulfonamides is 1. The van der Waals surface area contributed by atoms with Crippen LogP contribution in [0.3, 0.4) is 0 Å². The number of hydrogen-bond acceptors (Lipinski definition) is 8. The van der Waals surface area contributed by atoms with E-state index < -0.39 is 32.9 Å². The summed E-state index contributed by atoms with van der Waals surface area (Å²) in [6.07, 6.45) is 1.94. The van der Waals surface area contributed by atoms with Crippen molar-refractivity contribution in [2.45, 2.75) is 56.6 Å². The second-order valence-electron chi connectivity index (χ2n) is 12.1. The third kappa shape index (κ3) is 11.2. The van der Waals surface area contributed by atoms with Gasteiger partial charge in [-0.15, -0.1) is 0 Å². The second-order valence-corrected chi connectivity index (χ2v) is 13.8. The summed E-state index contributed by atoms with van der Waals surface area (Å²) in [5.74, 6) is 0.131. The summed E-state index contributed by atoms with van der Waals surface area (Å²) in [7, 11) is -2.63. The van der Waals surface area contributed by atoms with E-state index in [1.54, 1.807) is 36.3 Å². The fourth-order valence-electron chi connectivity index (χ4n) is 5.65. The van der Waals surface area contributed by atoms with Crippen LogP contribution in [0.2, 0.25) is 0 Å². The molecule has 3 N–H and O–H groups in total. The minimum Gasteiger partial charge on any atom is -0.497 e. The van der Waals surface area contributed by atoms with Gasteiger partial charge in [0.1, 0.15) is 5.75 Å². The number of nitro benzene ring substituents is 1. The molecule has 2 amide bonds. The van der Waals surface area contributed by atoms with Crippen molar-refractivity contribution in [3.05, 3.63) is 135 Å². The van der Waals surface area contributed by atoms with Crippen molar-refractivity contribution in [2.24, 2.45) is 0 Å². The highest BCUT2D eigenvalue weighted by Crippen LogP contribution is 2.18. The Hall–Kier alpha value is -5.11. The highest BCUT2D eigenvalue weighted by atomic mass is 32.2. The van der Waals surface area contributed by atoms with E-state index >= 15 is 0 Å². The van der Waals surface area contributed by atoms with Gasteiger partial charge >= 0.3 is 0 Å². The normalized spacial score (nSPS) is 12.5. The molecule has 0 fully saturated rings. The van der Waals surface area contributed by atoms with E-state index in [9.17, 15) is 28.1 Å². The maximum absolute atomic E-state index is 13.8. The number of carbonyl (C=O) groups excluding carboxylic acids is 2. The summed E-state index contributed by atoms with van der Waals surface area (Å²) in [6.45, 7) is 5.80. The molecule has 4 aromatic carbocycles. The van der Waals surface area contributed by atoms with Crippen LogP contribution in [0.5, 0.6) is 5.75 Å². The van der Waals surface area contributed by atoms with Gasteiger partial charge in [0, 0.05) is 49.4 Å². The van der Waals surface area contributed by atoms with Gasteiger partial charge in [-0.05, 0) is 78.9 Å². The number of ether oxygens (including phenoxy) is 1. The Kier molecular flexibility index (Phi) is 14.2. The molecule has 0 aliphatic carbocycles. The minimum absolute atomic E-state index is 0.101. The largest absolute Gasteiger partial charge is 0.497 e. The highest BCUT2D eigenvalue weighted by molar-refractivity contribution is 7.89. The van der Waals surface area contributed by atoms with Crippen LogP contribution in [-0.4, -0.2) is 68.9 Å². The molecular weight excluding hydrogens is 671 g/mol. The molecule has 270 valence electrons. The molecule has 0 aromatic heterocycles. The smallest absolute Gasteiger partial charge is 0.269 e. The molecule has 12 nitrogen and oxygen atoms in total. The first-order valence-corrected chi connectivity index (χ1v) is 18.4. The van der Waals surface area contributed by atoms with E-state index in [1.165, 1.54) is 12.1 Å². The van der Waals surface area contributed by atoms with Crippen molar-refractivity contribution < 1.29 is 27.7 Å². The molecule has 0 saturated carbocycles. The predicted octanol–water partition coefficient (Wildman–Crippen LogP) is 5.34. The number of rotatable bonds is 19. The summed E-state index contributed by atoms with van der Waals surface area (Å²) in [5.41, 5.74) is 2.31. The first kappa shape index (κ1) is 38.7. The van der Waals surface area contributed by atoms with Gasteiger partial charge in [0.15, 0.2) is 0 Å². The summed E-state index contributed by atoms with van der Waals surface area (Å²) >= 11 is 0. The molecule has 13 heteroatoms. The molecule has 51 heavy (non-hydrogen) atoms. The van der Waals surface area contributed by atoms with Crippen molar-refractivity contribution in [1.82, 2.24) is 20.3 Å². The van der Waals surface area contributed by atoms with E-state index in [4.69, 9.17) is 4.74 Å². The quantitative estimate of drug-likeness (QED) is 0.0867. The van der Waals surface area contributed by atoms with Crippen LogP contribution in [0.4, 0.5) is 5.69 Å². The first-order chi connectivity index (χ1) is 24.5. The fraction of sp³-hybridized carbons (Fsp3) is 0.316. The molecule has 0 aliphatic rings. The van der Waals surface area contributed by atoms with Crippen LogP contribution in [-0.2, 0) is 23.0 Å². The SMILES string of the molecule is CCCN(CCC)C(=O)c1ccc(C(=O)N[C@@H](Cc2ccccc2)[C@H](CNCc2cccc(OC)c2)NS(=O)(=O)c2ccc([N+](=O)[O-])cc2)cc1. The summed E-state index contributed by atoms with van der Waals surface area (Å²) < 4.78 is 35.5. The standard InChI is InChI=1S/C38H45N5O7S/c1-4-22-42(23-5-2)38(45)31-16-14-30(15-17-31)37(44)40-35(25-28-10-7-6-8-11-28)36(27-39-26-29-12-9-13-33(24-29)50-3)41-51(48,49)34-20-18-32(19-21-34)43(46)47/h6-21,24,35-36,39,41H,4-5,22-23,25-27H2,1-3H3,(H,40,44)/t35-,36-/m0/s1. The third-order valence-electron chi connectivity index (χ3n) is 8.26. The Bertz CT molecular complexity index is 1850. The number of nitrogens with zero attached hydrogens (tertiary/aromatic N) is 2. The Morgan fingerprint density at radius 2 is 1.45 bits per heavy atom. The third-order valence-corrected chi connectivity index (χ3v) is 9.77. The van der Waals surface area contributed by atoms with Gasteiger partial charge in [0.25, 0.3) is 17.5 Å². The molecule has 0 bridgehead atoms. The monoisotopic (exact) mass is 715 g/mol. The molecule has 4 rings (SSSR count). The number of non-ortho nitro benzene ring substituents is 1. The Balaban J connectivity index is 1.63. The minimum atomic E-state index is -4.20. The number of hydrogen-bond donors (Lipinski definition) is 3. The molecule has 2 atom stereocenters. The lowest BCUT2D eigenvalue weighted by atomic mass is 9.99. The average Bonchev–Trinajstić information content (AvgIpc) is 3.14. The molecule has 0 aliphatic heterocycles. The first-order valence-electron chi connectivity index (χ1n) is 16.9. The topological polar surface area (TPSA) is 160 Å². The zero-order valence-electron chi connectivity index (χ0n) is 29.1. The Labute approximate surface area is 299 Å². The van der Waals surface area contributed by atoms with Crippen LogP contribution >= 0.6 is 0 Å². The predicted molar refractivity (Wildman–Crippen MR) is 196 cm³/mol. The van der Waals surface area contributed by atoms with Crippen LogP contribution in [0, 0.1) is 10.1 Å². The number of methoxy groups -OCH3 is 1. The summed E-state index contributed by atoms with van der Waals surface area (Å²) in [4.78, 5) is 39.2. The van der Waals surface area contributed by atoms with E-state index in [2.05, 4.69) is 15.4 Å². The second kappa shape index (κ2) is 18.8. The lowest BCUT2D eigenvalue weighted by Gasteiger charge is -2.29. The van der Waals surface area contributed by atoms with Crippen LogP contribution < -0.4 is 20.1 Å². The number of nitro groups is 1. The Morgan fingerprint density at radius 1 is 0.824 bits per heavy atom. The van der Waals surface area contributed by atoms with Crippen molar-refractivity contribution in [2.75, 3.05) is 26.7 Å². The van der Waals surface area contributed by atoms with Gasteiger partial charge in [-0.2, -0.15) is 0 Å². The van der Waals surface area contributed by atoms with E-state index in [0.717, 1.165) is 36.1 Å². The van der Waals surface area contributed by atoms with Crippen LogP contribution in [0.1, 0.15) is 58.5 Å². The van der Waals surface area contributed by atoms with Gasteiger partial charge in [0.05, 0.1) is 29.0 Å². The maximum atomic E-state index is 13.8. The lowest BCUT2D eigenvalue weighted by Crippen LogP contribution is -2.56. The number of amides is 2. The van der Waals surface area contributed by atoms with Gasteiger partial charge in [-0.3, -0.25) is 19.7 Å². The fourth-order valence-corrected chi connectivity index (χ4v) is 6.93. The molecule has 0 saturated heterocycles. The number of benzene rings is 4. The van der Waals surface area contributed by atoms with E-state index in [-0.39, 0.29) is 29.5 Å². The van der Waals surface area contributed by atoms with E-state index in [1.807, 2.05) is 68.4 Å². The van der Waals surface area contributed by atoms with Gasteiger partial charge in [0.2, 0.25) is 10.0 Å². The van der Waals surface area contributed by atoms with Crippen LogP contribution in [0.15, 0.2) is 108 Å². The molecule has 0 radical (unpaired) electrons. The van der Waals surface area contributed by atoms with Gasteiger partial charge < -0.3 is 20.3 Å².